The quantitative estimate of drug-likeness (QED) is 0.714. The van der Waals surface area contributed by atoms with Crippen LogP contribution in [0.5, 0.6) is 0 Å². The molecular formula is C10H12N2O. The normalized spacial score (nSPS) is 17.4. The summed E-state index contributed by atoms with van der Waals surface area (Å²) in [5.41, 5.74) is 1.25. The van der Waals surface area contributed by atoms with E-state index in [-0.39, 0.29) is 5.91 Å². The molecule has 1 saturated heterocycles. The molecule has 0 atom stereocenters. The first-order chi connectivity index (χ1) is 6.34. The number of carbonyl (C=O) groups excluding carboxylic acids is 1. The summed E-state index contributed by atoms with van der Waals surface area (Å²) in [5.74, 6) is 0.121. The maximum atomic E-state index is 10.9. The predicted molar refractivity (Wildman–Crippen MR) is 49.9 cm³/mol. The van der Waals surface area contributed by atoms with E-state index in [1.807, 2.05) is 18.2 Å². The molecule has 1 heterocycles. The van der Waals surface area contributed by atoms with Crippen molar-refractivity contribution in [2.24, 2.45) is 0 Å². The summed E-state index contributed by atoms with van der Waals surface area (Å²) >= 11 is 0. The second-order valence-electron chi connectivity index (χ2n) is 3.23. The molecule has 0 saturated carbocycles. The molecule has 0 spiro atoms. The van der Waals surface area contributed by atoms with Crippen LogP contribution in [0.25, 0.3) is 0 Å². The van der Waals surface area contributed by atoms with Crippen LogP contribution in [0.15, 0.2) is 30.3 Å². The molecule has 68 valence electrons. The van der Waals surface area contributed by atoms with Crippen molar-refractivity contribution in [1.29, 1.82) is 0 Å². The zero-order valence-corrected chi connectivity index (χ0v) is 7.36. The van der Waals surface area contributed by atoms with Crippen molar-refractivity contribution in [1.82, 2.24) is 10.2 Å². The fourth-order valence-corrected chi connectivity index (χ4v) is 1.47. The van der Waals surface area contributed by atoms with Crippen LogP contribution in [0.3, 0.4) is 0 Å². The van der Waals surface area contributed by atoms with Crippen molar-refractivity contribution in [3.63, 3.8) is 0 Å². The van der Waals surface area contributed by atoms with E-state index in [1.54, 1.807) is 0 Å². The maximum absolute atomic E-state index is 10.9. The molecule has 1 N–H and O–H groups in total. The van der Waals surface area contributed by atoms with Crippen LogP contribution in [-0.2, 0) is 11.3 Å². The molecule has 1 amide bonds. The van der Waals surface area contributed by atoms with E-state index in [9.17, 15) is 4.79 Å². The summed E-state index contributed by atoms with van der Waals surface area (Å²) in [4.78, 5) is 13.0. The minimum atomic E-state index is 0.121. The van der Waals surface area contributed by atoms with Gasteiger partial charge in [0.05, 0.1) is 13.2 Å². The Morgan fingerprint density at radius 3 is 2.69 bits per heavy atom. The van der Waals surface area contributed by atoms with Gasteiger partial charge in [0.25, 0.3) is 0 Å². The van der Waals surface area contributed by atoms with Crippen LogP contribution in [-0.4, -0.2) is 24.0 Å². The number of amides is 1. The lowest BCUT2D eigenvalue weighted by Crippen LogP contribution is -2.21. The molecule has 1 aromatic carbocycles. The Hall–Kier alpha value is -1.35. The Morgan fingerprint density at radius 2 is 2.08 bits per heavy atom. The van der Waals surface area contributed by atoms with Crippen LogP contribution in [0.1, 0.15) is 5.56 Å². The molecule has 1 fully saturated rings. The summed E-state index contributed by atoms with van der Waals surface area (Å²) in [6.45, 7) is 2.04. The van der Waals surface area contributed by atoms with Gasteiger partial charge in [0.1, 0.15) is 0 Å². The van der Waals surface area contributed by atoms with Gasteiger partial charge in [-0.25, -0.2) is 0 Å². The Bertz CT molecular complexity index is 297. The number of nitrogens with one attached hydrogen (secondary N) is 1. The van der Waals surface area contributed by atoms with E-state index in [2.05, 4.69) is 22.3 Å². The molecule has 0 unspecified atom stereocenters. The number of rotatable bonds is 2. The highest BCUT2D eigenvalue weighted by molar-refractivity contribution is 5.79. The third-order valence-electron chi connectivity index (χ3n) is 2.12. The van der Waals surface area contributed by atoms with Gasteiger partial charge in [-0.2, -0.15) is 0 Å². The molecule has 1 aliphatic rings. The number of nitrogens with zero attached hydrogens (tertiary/aromatic N) is 1. The Balaban J connectivity index is 1.96. The van der Waals surface area contributed by atoms with E-state index >= 15 is 0 Å². The molecule has 2 rings (SSSR count). The van der Waals surface area contributed by atoms with Crippen LogP contribution in [0.4, 0.5) is 0 Å². The first-order valence-electron chi connectivity index (χ1n) is 4.37. The van der Waals surface area contributed by atoms with Gasteiger partial charge in [0, 0.05) is 6.54 Å². The fourth-order valence-electron chi connectivity index (χ4n) is 1.47. The second kappa shape index (κ2) is 3.58. The average Bonchev–Trinajstić information content (AvgIpc) is 2.53. The zero-order chi connectivity index (χ0) is 9.10. The summed E-state index contributed by atoms with van der Waals surface area (Å²) in [6.07, 6.45) is 0. The minimum Gasteiger partial charge on any atom is -0.342 e. The lowest BCUT2D eigenvalue weighted by molar-refractivity contribution is -0.118. The van der Waals surface area contributed by atoms with Crippen molar-refractivity contribution in [3.8, 4) is 0 Å². The van der Waals surface area contributed by atoms with Gasteiger partial charge in [0.2, 0.25) is 5.91 Å². The monoisotopic (exact) mass is 176 g/mol. The van der Waals surface area contributed by atoms with Crippen molar-refractivity contribution in [2.45, 2.75) is 6.54 Å². The highest BCUT2D eigenvalue weighted by Gasteiger charge is 2.17. The first-order valence-corrected chi connectivity index (χ1v) is 4.37. The summed E-state index contributed by atoms with van der Waals surface area (Å²) in [6, 6.07) is 10.2. The lowest BCUT2D eigenvalue weighted by Gasteiger charge is -2.11. The predicted octanol–water partition coefficient (Wildman–Crippen LogP) is 0.576. The molecule has 1 aromatic rings. The number of hydrogen-bond acceptors (Lipinski definition) is 2. The lowest BCUT2D eigenvalue weighted by atomic mass is 10.2. The van der Waals surface area contributed by atoms with Crippen LogP contribution < -0.4 is 5.32 Å². The first kappa shape index (κ1) is 8.26. The largest absolute Gasteiger partial charge is 0.342 e. The van der Waals surface area contributed by atoms with Gasteiger partial charge in [0.15, 0.2) is 0 Å². The van der Waals surface area contributed by atoms with Crippen molar-refractivity contribution in [3.05, 3.63) is 35.9 Å². The summed E-state index contributed by atoms with van der Waals surface area (Å²) in [5, 5.41) is 2.78. The molecule has 3 heteroatoms. The zero-order valence-electron chi connectivity index (χ0n) is 7.36. The highest BCUT2D eigenvalue weighted by Crippen LogP contribution is 2.05. The second-order valence-corrected chi connectivity index (χ2v) is 3.23. The third-order valence-corrected chi connectivity index (χ3v) is 2.12. The third kappa shape index (κ3) is 2.06. The standard InChI is InChI=1S/C10H12N2O/c13-10-7-12(8-11-10)6-9-4-2-1-3-5-9/h1-5H,6-8H2,(H,11,13). The van der Waals surface area contributed by atoms with Gasteiger partial charge in [-0.05, 0) is 5.56 Å². The van der Waals surface area contributed by atoms with Gasteiger partial charge in [-0.15, -0.1) is 0 Å². The van der Waals surface area contributed by atoms with Crippen LogP contribution in [0, 0.1) is 0 Å². The molecule has 13 heavy (non-hydrogen) atoms. The van der Waals surface area contributed by atoms with Gasteiger partial charge in [-0.1, -0.05) is 30.3 Å². The fraction of sp³-hybridized carbons (Fsp3) is 0.300. The Labute approximate surface area is 77.4 Å². The van der Waals surface area contributed by atoms with Crippen molar-refractivity contribution < 1.29 is 4.79 Å². The van der Waals surface area contributed by atoms with Gasteiger partial charge >= 0.3 is 0 Å². The summed E-state index contributed by atoms with van der Waals surface area (Å²) in [7, 11) is 0. The van der Waals surface area contributed by atoms with Crippen molar-refractivity contribution in [2.75, 3.05) is 13.2 Å². The van der Waals surface area contributed by atoms with Crippen LogP contribution >= 0.6 is 0 Å². The molecule has 0 aromatic heterocycles. The van der Waals surface area contributed by atoms with Crippen LogP contribution in [0.2, 0.25) is 0 Å². The molecular weight excluding hydrogens is 164 g/mol. The highest BCUT2D eigenvalue weighted by atomic mass is 16.2. The number of carbonyl (C=O) groups is 1. The maximum Gasteiger partial charge on any atom is 0.235 e. The van der Waals surface area contributed by atoms with Gasteiger partial charge < -0.3 is 5.32 Å². The topological polar surface area (TPSA) is 32.3 Å². The van der Waals surface area contributed by atoms with E-state index in [0.29, 0.717) is 13.2 Å². The molecule has 1 aliphatic heterocycles. The Morgan fingerprint density at radius 1 is 1.31 bits per heavy atom. The minimum absolute atomic E-state index is 0.121. The Kier molecular flexibility index (Phi) is 2.27. The van der Waals surface area contributed by atoms with Crippen molar-refractivity contribution >= 4 is 5.91 Å². The number of hydrogen-bond donors (Lipinski definition) is 1. The van der Waals surface area contributed by atoms with E-state index in [0.717, 1.165) is 6.54 Å². The SMILES string of the molecule is O=C1CN(Cc2ccccc2)CN1. The number of benzene rings is 1. The van der Waals surface area contributed by atoms with E-state index < -0.39 is 0 Å². The van der Waals surface area contributed by atoms with Gasteiger partial charge in [-0.3, -0.25) is 9.69 Å². The molecule has 0 bridgehead atoms. The average molecular weight is 176 g/mol. The van der Waals surface area contributed by atoms with E-state index in [4.69, 9.17) is 0 Å². The van der Waals surface area contributed by atoms with E-state index in [1.165, 1.54) is 5.56 Å². The summed E-state index contributed by atoms with van der Waals surface area (Å²) < 4.78 is 0. The smallest absolute Gasteiger partial charge is 0.235 e. The molecule has 0 aliphatic carbocycles. The molecule has 3 nitrogen and oxygen atoms in total. The molecule has 0 radical (unpaired) electrons.